The van der Waals surface area contributed by atoms with Gasteiger partial charge in [-0.2, -0.15) is 0 Å². The Bertz CT molecular complexity index is 394. The van der Waals surface area contributed by atoms with Crippen LogP contribution in [0.15, 0.2) is 24.3 Å². The molecule has 0 amide bonds. The molecular weight excluding hydrogens is 248 g/mol. The van der Waals surface area contributed by atoms with Crippen molar-refractivity contribution < 1.29 is 4.74 Å². The van der Waals surface area contributed by atoms with Crippen molar-refractivity contribution in [2.75, 3.05) is 31.6 Å². The van der Waals surface area contributed by atoms with Gasteiger partial charge in [-0.1, -0.05) is 26.0 Å². The largest absolute Gasteiger partial charge is 0.491 e. The highest BCUT2D eigenvalue weighted by molar-refractivity contribution is 5.56. The fourth-order valence-electron chi connectivity index (χ4n) is 2.76. The summed E-state index contributed by atoms with van der Waals surface area (Å²) in [6.07, 6.45) is 4.79. The summed E-state index contributed by atoms with van der Waals surface area (Å²) in [5.41, 5.74) is 1.15. The van der Waals surface area contributed by atoms with Crippen LogP contribution < -0.4 is 10.1 Å². The normalized spacial score (nSPS) is 20.4. The van der Waals surface area contributed by atoms with E-state index in [9.17, 15) is 0 Å². The molecule has 0 aromatic heterocycles. The van der Waals surface area contributed by atoms with E-state index in [0.717, 1.165) is 24.5 Å². The lowest BCUT2D eigenvalue weighted by atomic mass is 10.1. The second-order valence-electron chi connectivity index (χ2n) is 5.55. The third-order valence-electron chi connectivity index (χ3n) is 3.98. The van der Waals surface area contributed by atoms with Crippen molar-refractivity contribution >= 4 is 5.69 Å². The number of hydrogen-bond acceptors (Lipinski definition) is 3. The van der Waals surface area contributed by atoms with Crippen molar-refractivity contribution in [3.8, 4) is 5.75 Å². The lowest BCUT2D eigenvalue weighted by Crippen LogP contribution is -2.26. The van der Waals surface area contributed by atoms with Crippen LogP contribution in [0.3, 0.4) is 0 Å². The summed E-state index contributed by atoms with van der Waals surface area (Å²) in [4.78, 5) is 2.54. The van der Waals surface area contributed by atoms with Crippen LogP contribution in [-0.4, -0.2) is 37.2 Å². The van der Waals surface area contributed by atoms with Crippen LogP contribution in [0.1, 0.15) is 39.5 Å². The van der Waals surface area contributed by atoms with Gasteiger partial charge in [0, 0.05) is 12.6 Å². The maximum atomic E-state index is 5.83. The van der Waals surface area contributed by atoms with Crippen molar-refractivity contribution in [3.63, 3.8) is 0 Å². The van der Waals surface area contributed by atoms with Gasteiger partial charge in [0.25, 0.3) is 0 Å². The smallest absolute Gasteiger partial charge is 0.142 e. The van der Waals surface area contributed by atoms with Crippen molar-refractivity contribution in [2.24, 2.45) is 0 Å². The SMILES string of the molecule is CCCOc1ccccc1NC1CCCN(CC)CC1. The molecule has 1 atom stereocenters. The molecule has 3 heteroatoms. The third-order valence-corrected chi connectivity index (χ3v) is 3.98. The van der Waals surface area contributed by atoms with Crippen LogP contribution in [0, 0.1) is 0 Å². The van der Waals surface area contributed by atoms with Crippen LogP contribution in [0.5, 0.6) is 5.75 Å². The number of ether oxygens (including phenoxy) is 1. The van der Waals surface area contributed by atoms with E-state index >= 15 is 0 Å². The highest BCUT2D eigenvalue weighted by atomic mass is 16.5. The van der Waals surface area contributed by atoms with Crippen LogP contribution in [0.2, 0.25) is 0 Å². The molecule has 0 radical (unpaired) electrons. The Kier molecular flexibility index (Phi) is 6.19. The molecule has 0 spiro atoms. The quantitative estimate of drug-likeness (QED) is 0.856. The lowest BCUT2D eigenvalue weighted by molar-refractivity contribution is 0.300. The van der Waals surface area contributed by atoms with Crippen molar-refractivity contribution in [3.05, 3.63) is 24.3 Å². The first-order valence-electron chi connectivity index (χ1n) is 8.04. The number of hydrogen-bond donors (Lipinski definition) is 1. The molecular formula is C17H28N2O. The van der Waals surface area contributed by atoms with Crippen LogP contribution in [0.25, 0.3) is 0 Å². The molecule has 1 aliphatic rings. The van der Waals surface area contributed by atoms with E-state index in [-0.39, 0.29) is 0 Å². The number of nitrogens with one attached hydrogen (secondary N) is 1. The Balaban J connectivity index is 1.95. The van der Waals surface area contributed by atoms with Gasteiger partial charge in [0.1, 0.15) is 5.75 Å². The van der Waals surface area contributed by atoms with E-state index < -0.39 is 0 Å². The number of para-hydroxylation sites is 2. The summed E-state index contributed by atoms with van der Waals surface area (Å²) in [6, 6.07) is 8.89. The minimum atomic E-state index is 0.568. The number of nitrogens with zero attached hydrogens (tertiary/aromatic N) is 1. The van der Waals surface area contributed by atoms with Crippen LogP contribution in [0.4, 0.5) is 5.69 Å². The van der Waals surface area contributed by atoms with Gasteiger partial charge >= 0.3 is 0 Å². The summed E-state index contributed by atoms with van der Waals surface area (Å²) in [7, 11) is 0. The number of rotatable bonds is 6. The van der Waals surface area contributed by atoms with E-state index in [1.165, 1.54) is 38.9 Å². The Morgan fingerprint density at radius 3 is 2.85 bits per heavy atom. The predicted octanol–water partition coefficient (Wildman–Crippen LogP) is 3.76. The average molecular weight is 276 g/mol. The summed E-state index contributed by atoms with van der Waals surface area (Å²) in [5.74, 6) is 0.992. The second-order valence-corrected chi connectivity index (χ2v) is 5.55. The standard InChI is InChI=1S/C17H28N2O/c1-3-14-20-17-10-6-5-9-16(17)18-15-8-7-12-19(4-2)13-11-15/h5-6,9-10,15,18H,3-4,7-8,11-14H2,1-2H3. The van der Waals surface area contributed by atoms with Gasteiger partial charge in [0.15, 0.2) is 0 Å². The zero-order chi connectivity index (χ0) is 14.2. The molecule has 112 valence electrons. The number of likely N-dealkylation sites (tertiary alicyclic amines) is 1. The Morgan fingerprint density at radius 2 is 2.05 bits per heavy atom. The minimum absolute atomic E-state index is 0.568. The lowest BCUT2D eigenvalue weighted by Gasteiger charge is -2.21. The molecule has 0 bridgehead atoms. The maximum absolute atomic E-state index is 5.83. The van der Waals surface area contributed by atoms with Gasteiger partial charge in [-0.25, -0.2) is 0 Å². The fourth-order valence-corrected chi connectivity index (χ4v) is 2.76. The molecule has 1 aromatic rings. The highest BCUT2D eigenvalue weighted by Crippen LogP contribution is 2.26. The summed E-state index contributed by atoms with van der Waals surface area (Å²) in [5, 5.41) is 3.69. The first-order valence-corrected chi connectivity index (χ1v) is 8.04. The monoisotopic (exact) mass is 276 g/mol. The molecule has 1 aliphatic heterocycles. The van der Waals surface area contributed by atoms with Crippen molar-refractivity contribution in [2.45, 2.75) is 45.6 Å². The van der Waals surface area contributed by atoms with Crippen molar-refractivity contribution in [1.82, 2.24) is 4.90 Å². The van der Waals surface area contributed by atoms with Gasteiger partial charge < -0.3 is 15.0 Å². The second kappa shape index (κ2) is 8.15. The fraction of sp³-hybridized carbons (Fsp3) is 0.647. The summed E-state index contributed by atoms with van der Waals surface area (Å²) < 4.78 is 5.83. The first-order chi connectivity index (χ1) is 9.83. The Morgan fingerprint density at radius 1 is 1.20 bits per heavy atom. The molecule has 20 heavy (non-hydrogen) atoms. The summed E-state index contributed by atoms with van der Waals surface area (Å²) >= 11 is 0. The zero-order valence-corrected chi connectivity index (χ0v) is 12.9. The van der Waals surface area contributed by atoms with Gasteiger partial charge in [-0.05, 0) is 50.9 Å². The van der Waals surface area contributed by atoms with E-state index in [4.69, 9.17) is 4.74 Å². The molecule has 1 fully saturated rings. The molecule has 3 nitrogen and oxygen atoms in total. The molecule has 1 N–H and O–H groups in total. The Labute approximate surface area is 123 Å². The topological polar surface area (TPSA) is 24.5 Å². The number of benzene rings is 1. The van der Waals surface area contributed by atoms with Crippen LogP contribution >= 0.6 is 0 Å². The van der Waals surface area contributed by atoms with Gasteiger partial charge in [0.2, 0.25) is 0 Å². The van der Waals surface area contributed by atoms with Gasteiger partial charge in [0.05, 0.1) is 12.3 Å². The molecule has 1 aromatic carbocycles. The molecule has 2 rings (SSSR count). The first kappa shape index (κ1) is 15.2. The molecule has 1 saturated heterocycles. The zero-order valence-electron chi connectivity index (χ0n) is 12.9. The van der Waals surface area contributed by atoms with Crippen LogP contribution in [-0.2, 0) is 0 Å². The Hall–Kier alpha value is -1.22. The molecule has 0 saturated carbocycles. The minimum Gasteiger partial charge on any atom is -0.491 e. The summed E-state index contributed by atoms with van der Waals surface area (Å²) in [6.45, 7) is 8.78. The third kappa shape index (κ3) is 4.41. The van der Waals surface area contributed by atoms with Crippen molar-refractivity contribution in [1.29, 1.82) is 0 Å². The van der Waals surface area contributed by atoms with E-state index in [2.05, 4.69) is 42.3 Å². The van der Waals surface area contributed by atoms with Gasteiger partial charge in [-0.15, -0.1) is 0 Å². The molecule has 0 aliphatic carbocycles. The predicted molar refractivity (Wildman–Crippen MR) is 85.6 cm³/mol. The molecule has 1 unspecified atom stereocenters. The van der Waals surface area contributed by atoms with E-state index in [0.29, 0.717) is 6.04 Å². The van der Waals surface area contributed by atoms with E-state index in [1.807, 2.05) is 6.07 Å². The highest BCUT2D eigenvalue weighted by Gasteiger charge is 2.16. The average Bonchev–Trinajstić information content (AvgIpc) is 2.71. The maximum Gasteiger partial charge on any atom is 0.142 e. The molecule has 1 heterocycles. The van der Waals surface area contributed by atoms with Gasteiger partial charge in [-0.3, -0.25) is 0 Å². The van der Waals surface area contributed by atoms with E-state index in [1.54, 1.807) is 0 Å². The number of anilines is 1.